The molecule has 8 rings (SSSR count). The van der Waals surface area contributed by atoms with Crippen LogP contribution in [-0.2, 0) is 12.4 Å². The summed E-state index contributed by atoms with van der Waals surface area (Å²) in [6, 6.07) is 30.2. The molecule has 6 aromatic carbocycles. The van der Waals surface area contributed by atoms with Crippen molar-refractivity contribution in [1.29, 1.82) is 0 Å². The Balaban J connectivity index is 1.66. The van der Waals surface area contributed by atoms with E-state index >= 15 is 13.2 Å². The largest absolute Gasteiger partial charge is 0.418 e. The molecule has 0 N–H and O–H groups in total. The van der Waals surface area contributed by atoms with Crippen LogP contribution < -0.4 is 0 Å². The number of rotatable bonds is 3. The molecule has 0 saturated heterocycles. The molecule has 0 atom stereocenters. The predicted octanol–water partition coefficient (Wildman–Crippen LogP) is 12.8. The lowest BCUT2D eigenvalue weighted by atomic mass is 9.95. The summed E-state index contributed by atoms with van der Waals surface area (Å²) in [5.41, 5.74) is 3.28. The maximum absolute atomic E-state index is 15.8. The molecule has 0 radical (unpaired) electrons. The van der Waals surface area contributed by atoms with Crippen molar-refractivity contribution in [2.75, 3.05) is 0 Å². The number of hydrogen-bond acceptors (Lipinski definition) is 0. The Labute approximate surface area is 283 Å². The second-order valence-corrected chi connectivity index (χ2v) is 13.2. The van der Waals surface area contributed by atoms with Gasteiger partial charge < -0.3 is 9.13 Å². The Hall–Kier alpha value is -5.50. The van der Waals surface area contributed by atoms with E-state index in [-0.39, 0.29) is 22.5 Å². The van der Waals surface area contributed by atoms with E-state index in [0.29, 0.717) is 22.1 Å². The minimum absolute atomic E-state index is 0.116. The van der Waals surface area contributed by atoms with E-state index < -0.39 is 23.5 Å². The van der Waals surface area contributed by atoms with Crippen LogP contribution >= 0.6 is 0 Å². The number of aromatic nitrogens is 2. The molecule has 8 aromatic rings. The van der Waals surface area contributed by atoms with E-state index in [1.165, 1.54) is 24.3 Å². The maximum atomic E-state index is 15.8. The average Bonchev–Trinajstić information content (AvgIpc) is 3.53. The molecule has 0 amide bonds. The highest BCUT2D eigenvalue weighted by atomic mass is 19.4. The van der Waals surface area contributed by atoms with E-state index in [4.69, 9.17) is 0 Å². The molecule has 0 bridgehead atoms. The monoisotopic (exact) mass is 676 g/mol. The first kappa shape index (κ1) is 31.7. The molecule has 250 valence electrons. The smallest absolute Gasteiger partial charge is 0.307 e. The molecule has 0 aliphatic heterocycles. The van der Waals surface area contributed by atoms with Gasteiger partial charge in [0.05, 0.1) is 44.6 Å². The fourth-order valence-electron chi connectivity index (χ4n) is 7.36. The standard InChI is InChI=1S/C42H30F6N2/c1-23-9-13-29-30-14-10-24(2)18-36(30)49(35(29)17-23)39-22-27(28-7-5-6-8-33(28)41(43,44)45)21-34(42(46,47)48)40(39)50-37-19-25(3)11-15-31(37)32-16-12-26(4)20-38(32)50/h5-22H,1-4H3. The maximum Gasteiger partial charge on any atom is 0.418 e. The highest BCUT2D eigenvalue weighted by Gasteiger charge is 2.39. The zero-order valence-electron chi connectivity index (χ0n) is 27.6. The van der Waals surface area contributed by atoms with Crippen LogP contribution in [0.25, 0.3) is 66.1 Å². The Morgan fingerprint density at radius 1 is 0.420 bits per heavy atom. The number of aryl methyl sites for hydroxylation is 4. The first-order valence-electron chi connectivity index (χ1n) is 16.2. The fourth-order valence-corrected chi connectivity index (χ4v) is 7.36. The molecule has 2 nitrogen and oxygen atoms in total. The van der Waals surface area contributed by atoms with Gasteiger partial charge in [-0.1, -0.05) is 66.7 Å². The lowest BCUT2D eigenvalue weighted by molar-refractivity contribution is -0.137. The van der Waals surface area contributed by atoms with Crippen LogP contribution in [0, 0.1) is 27.7 Å². The van der Waals surface area contributed by atoms with Crippen molar-refractivity contribution < 1.29 is 26.3 Å². The number of alkyl halides is 6. The van der Waals surface area contributed by atoms with Gasteiger partial charge in [-0.05, 0) is 104 Å². The first-order valence-corrected chi connectivity index (χ1v) is 16.2. The van der Waals surface area contributed by atoms with Crippen LogP contribution in [0.5, 0.6) is 0 Å². The van der Waals surface area contributed by atoms with Crippen LogP contribution in [0.2, 0.25) is 0 Å². The van der Waals surface area contributed by atoms with Crippen LogP contribution in [0.4, 0.5) is 26.3 Å². The summed E-state index contributed by atoms with van der Waals surface area (Å²) in [6.45, 7) is 7.58. The van der Waals surface area contributed by atoms with E-state index in [1.54, 1.807) is 9.13 Å². The second-order valence-electron chi connectivity index (χ2n) is 13.2. The average molecular weight is 677 g/mol. The molecule has 8 heteroatoms. The topological polar surface area (TPSA) is 9.86 Å². The summed E-state index contributed by atoms with van der Waals surface area (Å²) in [6.07, 6.45) is -9.74. The van der Waals surface area contributed by atoms with Crippen molar-refractivity contribution in [2.24, 2.45) is 0 Å². The van der Waals surface area contributed by atoms with Crippen molar-refractivity contribution in [3.8, 4) is 22.5 Å². The van der Waals surface area contributed by atoms with Crippen molar-refractivity contribution in [3.05, 3.63) is 143 Å². The zero-order chi connectivity index (χ0) is 35.3. The summed E-state index contributed by atoms with van der Waals surface area (Å²) < 4.78 is 94.1. The Morgan fingerprint density at radius 2 is 0.820 bits per heavy atom. The summed E-state index contributed by atoms with van der Waals surface area (Å²) in [5, 5.41) is 3.18. The van der Waals surface area contributed by atoms with Gasteiger partial charge in [-0.15, -0.1) is 0 Å². The van der Waals surface area contributed by atoms with Crippen LogP contribution in [-0.4, -0.2) is 9.13 Å². The van der Waals surface area contributed by atoms with Gasteiger partial charge >= 0.3 is 12.4 Å². The zero-order valence-corrected chi connectivity index (χ0v) is 27.6. The van der Waals surface area contributed by atoms with Gasteiger partial charge in [0.15, 0.2) is 0 Å². The van der Waals surface area contributed by atoms with Gasteiger partial charge in [0.2, 0.25) is 0 Å². The van der Waals surface area contributed by atoms with E-state index in [2.05, 4.69) is 0 Å². The molecular weight excluding hydrogens is 646 g/mol. The third-order valence-corrected chi connectivity index (χ3v) is 9.56. The molecule has 0 spiro atoms. The third-order valence-electron chi connectivity index (χ3n) is 9.56. The SMILES string of the molecule is Cc1ccc2c3ccc(C)cc3n(-c3cc(-c4ccccc4C(F)(F)F)cc(C(F)(F)F)c3-n3c4cc(C)ccc4c4ccc(C)cc43)c2c1. The van der Waals surface area contributed by atoms with E-state index in [0.717, 1.165) is 55.9 Å². The van der Waals surface area contributed by atoms with E-state index in [9.17, 15) is 13.2 Å². The van der Waals surface area contributed by atoms with Crippen LogP contribution in [0.3, 0.4) is 0 Å². The summed E-state index contributed by atoms with van der Waals surface area (Å²) in [4.78, 5) is 0. The first-order chi connectivity index (χ1) is 23.7. The Bertz CT molecular complexity index is 2550. The van der Waals surface area contributed by atoms with Gasteiger partial charge in [0.25, 0.3) is 0 Å². The highest BCUT2D eigenvalue weighted by Crippen LogP contribution is 2.47. The molecule has 50 heavy (non-hydrogen) atoms. The molecule has 0 aliphatic carbocycles. The Morgan fingerprint density at radius 3 is 1.24 bits per heavy atom. The third kappa shape index (κ3) is 4.96. The highest BCUT2D eigenvalue weighted by molar-refractivity contribution is 6.12. The minimum atomic E-state index is -4.95. The van der Waals surface area contributed by atoms with Gasteiger partial charge in [0, 0.05) is 21.5 Å². The van der Waals surface area contributed by atoms with Crippen LogP contribution in [0.15, 0.2) is 109 Å². The fraction of sp³-hybridized carbons (Fsp3) is 0.143. The second kappa shape index (κ2) is 11.0. The number of fused-ring (bicyclic) bond motifs is 6. The van der Waals surface area contributed by atoms with E-state index in [1.807, 2.05) is 100 Å². The molecule has 0 saturated carbocycles. The number of benzene rings is 6. The molecule has 0 fully saturated rings. The lowest BCUT2D eigenvalue weighted by Crippen LogP contribution is -2.15. The lowest BCUT2D eigenvalue weighted by Gasteiger charge is -2.24. The van der Waals surface area contributed by atoms with Gasteiger partial charge in [-0.25, -0.2) is 0 Å². The molecule has 2 heterocycles. The summed E-state index contributed by atoms with van der Waals surface area (Å²) in [5.74, 6) is 0. The molecule has 0 aliphatic rings. The van der Waals surface area contributed by atoms with Gasteiger partial charge in [-0.3, -0.25) is 0 Å². The number of halogens is 6. The summed E-state index contributed by atoms with van der Waals surface area (Å²) in [7, 11) is 0. The van der Waals surface area contributed by atoms with Crippen molar-refractivity contribution in [1.82, 2.24) is 9.13 Å². The quantitative estimate of drug-likeness (QED) is 0.165. The molecular formula is C42H30F6N2. The molecule has 2 aromatic heterocycles. The van der Waals surface area contributed by atoms with Gasteiger partial charge in [-0.2, -0.15) is 26.3 Å². The Kier molecular flexibility index (Phi) is 6.99. The molecule has 0 unspecified atom stereocenters. The normalized spacial score (nSPS) is 12.6. The summed E-state index contributed by atoms with van der Waals surface area (Å²) >= 11 is 0. The number of nitrogens with zero attached hydrogens (tertiary/aromatic N) is 2. The predicted molar refractivity (Wildman–Crippen MR) is 190 cm³/mol. The number of hydrogen-bond donors (Lipinski definition) is 0. The van der Waals surface area contributed by atoms with Crippen molar-refractivity contribution in [3.63, 3.8) is 0 Å². The van der Waals surface area contributed by atoms with Crippen molar-refractivity contribution >= 4 is 43.6 Å². The minimum Gasteiger partial charge on any atom is -0.307 e. The van der Waals surface area contributed by atoms with Crippen molar-refractivity contribution in [2.45, 2.75) is 40.0 Å². The van der Waals surface area contributed by atoms with Gasteiger partial charge in [0.1, 0.15) is 0 Å². The van der Waals surface area contributed by atoms with Crippen LogP contribution in [0.1, 0.15) is 33.4 Å².